The zero-order chi connectivity index (χ0) is 24.5. The van der Waals surface area contributed by atoms with Crippen molar-refractivity contribution in [2.45, 2.75) is 42.7 Å². The van der Waals surface area contributed by atoms with E-state index in [1.807, 2.05) is 6.92 Å². The van der Waals surface area contributed by atoms with E-state index in [-0.39, 0.29) is 18.2 Å². The van der Waals surface area contributed by atoms with E-state index in [0.717, 1.165) is 6.42 Å². The van der Waals surface area contributed by atoms with Crippen LogP contribution in [0.1, 0.15) is 41.6 Å². The highest BCUT2D eigenvalue weighted by Crippen LogP contribution is 2.38. The third kappa shape index (κ3) is 4.43. The number of aryl methyl sites for hydroxylation is 1. The van der Waals surface area contributed by atoms with E-state index in [0.29, 0.717) is 46.5 Å². The van der Waals surface area contributed by atoms with Gasteiger partial charge in [0.05, 0.1) is 18.6 Å². The van der Waals surface area contributed by atoms with E-state index in [9.17, 15) is 18.3 Å². The van der Waals surface area contributed by atoms with E-state index in [4.69, 9.17) is 25.8 Å². The van der Waals surface area contributed by atoms with Gasteiger partial charge in [0.2, 0.25) is 16.6 Å². The number of sulfone groups is 1. The van der Waals surface area contributed by atoms with Crippen LogP contribution in [0.15, 0.2) is 46.3 Å². The maximum absolute atomic E-state index is 13.4. The van der Waals surface area contributed by atoms with Crippen molar-refractivity contribution in [1.82, 2.24) is 9.55 Å². The van der Waals surface area contributed by atoms with Crippen molar-refractivity contribution >= 4 is 27.4 Å². The standard InChI is InChI=1S/C23H23ClN2O7S/c1-3-4-5-20-25-22(34(29,30)16-8-6-15(31-2)7-9-16)21(23(27)28)26(20)12-14-10-18-19(11-17(14)24)33-13-32-18/h6-11H,3-5,12-13H2,1-2H3,(H,27,28). The van der Waals surface area contributed by atoms with Crippen molar-refractivity contribution < 1.29 is 32.5 Å². The summed E-state index contributed by atoms with van der Waals surface area (Å²) in [5.74, 6) is 0.396. The van der Waals surface area contributed by atoms with E-state index in [1.165, 1.54) is 35.9 Å². The number of aromatic nitrogens is 2. The van der Waals surface area contributed by atoms with E-state index in [2.05, 4.69) is 4.98 Å². The van der Waals surface area contributed by atoms with Gasteiger partial charge in [-0.05, 0) is 42.3 Å². The molecule has 11 heteroatoms. The third-order valence-electron chi connectivity index (χ3n) is 5.47. The summed E-state index contributed by atoms with van der Waals surface area (Å²) in [7, 11) is -2.76. The number of nitrogens with zero attached hydrogens (tertiary/aromatic N) is 2. The summed E-state index contributed by atoms with van der Waals surface area (Å²) in [6.07, 6.45) is 1.92. The smallest absolute Gasteiger partial charge is 0.355 e. The third-order valence-corrected chi connectivity index (χ3v) is 7.50. The number of imidazole rings is 1. The van der Waals surface area contributed by atoms with Crippen LogP contribution in [0.5, 0.6) is 17.2 Å². The molecule has 0 fully saturated rings. The number of benzene rings is 2. The van der Waals surface area contributed by atoms with Gasteiger partial charge < -0.3 is 23.9 Å². The van der Waals surface area contributed by atoms with Crippen LogP contribution in [0.4, 0.5) is 0 Å². The number of fused-ring (bicyclic) bond motifs is 1. The summed E-state index contributed by atoms with van der Waals surface area (Å²) in [6.45, 7) is 2.04. The molecule has 180 valence electrons. The number of carbonyl (C=O) groups is 1. The lowest BCUT2D eigenvalue weighted by Gasteiger charge is -2.12. The van der Waals surface area contributed by atoms with Gasteiger partial charge in [0, 0.05) is 17.5 Å². The van der Waals surface area contributed by atoms with Gasteiger partial charge >= 0.3 is 5.97 Å². The number of unbranched alkanes of at least 4 members (excludes halogenated alkanes) is 1. The van der Waals surface area contributed by atoms with Crippen LogP contribution in [0.2, 0.25) is 5.02 Å². The molecule has 2 aromatic carbocycles. The first-order chi connectivity index (χ1) is 16.3. The molecule has 4 rings (SSSR count). The van der Waals surface area contributed by atoms with Crippen molar-refractivity contribution in [3.05, 3.63) is 58.5 Å². The van der Waals surface area contributed by atoms with Crippen molar-refractivity contribution in [2.75, 3.05) is 13.9 Å². The summed E-state index contributed by atoms with van der Waals surface area (Å²) in [5.41, 5.74) is 0.132. The number of hydrogen-bond donors (Lipinski definition) is 1. The average Bonchev–Trinajstić information content (AvgIpc) is 3.42. The van der Waals surface area contributed by atoms with Crippen LogP contribution in [0, 0.1) is 0 Å². The minimum absolute atomic E-state index is 0.00128. The van der Waals surface area contributed by atoms with Crippen molar-refractivity contribution in [3.63, 3.8) is 0 Å². The molecule has 0 radical (unpaired) electrons. The van der Waals surface area contributed by atoms with Gasteiger partial charge in [-0.25, -0.2) is 18.2 Å². The molecule has 2 heterocycles. The first kappa shape index (κ1) is 23.9. The van der Waals surface area contributed by atoms with E-state index < -0.39 is 26.5 Å². The number of hydrogen-bond acceptors (Lipinski definition) is 7. The lowest BCUT2D eigenvalue weighted by molar-refractivity contribution is 0.0680. The molecule has 34 heavy (non-hydrogen) atoms. The molecule has 0 bridgehead atoms. The minimum Gasteiger partial charge on any atom is -0.497 e. The number of methoxy groups -OCH3 is 1. The molecular weight excluding hydrogens is 484 g/mol. The molecule has 0 spiro atoms. The van der Waals surface area contributed by atoms with Gasteiger partial charge in [0.1, 0.15) is 11.6 Å². The molecule has 3 aromatic rings. The topological polar surface area (TPSA) is 117 Å². The van der Waals surface area contributed by atoms with E-state index in [1.54, 1.807) is 12.1 Å². The Kier molecular flexibility index (Phi) is 6.72. The first-order valence-electron chi connectivity index (χ1n) is 10.6. The summed E-state index contributed by atoms with van der Waals surface area (Å²) in [4.78, 5) is 16.6. The SMILES string of the molecule is CCCCc1nc(S(=O)(=O)c2ccc(OC)cc2)c(C(=O)O)n1Cc1cc2c(cc1Cl)OCO2. The summed E-state index contributed by atoms with van der Waals surface area (Å²) in [5, 5.41) is 9.89. The summed E-state index contributed by atoms with van der Waals surface area (Å²) >= 11 is 6.42. The highest BCUT2D eigenvalue weighted by atomic mass is 35.5. The number of halogens is 1. The highest BCUT2D eigenvalue weighted by molar-refractivity contribution is 7.91. The Balaban J connectivity index is 1.85. The van der Waals surface area contributed by atoms with Gasteiger partial charge in [0.15, 0.2) is 22.2 Å². The molecule has 1 aliphatic rings. The Morgan fingerprint density at radius 2 is 1.88 bits per heavy atom. The predicted molar refractivity (Wildman–Crippen MR) is 123 cm³/mol. The van der Waals surface area contributed by atoms with Crippen LogP contribution >= 0.6 is 11.6 Å². The van der Waals surface area contributed by atoms with Crippen molar-refractivity contribution in [2.24, 2.45) is 0 Å². The van der Waals surface area contributed by atoms with Gasteiger partial charge in [-0.3, -0.25) is 0 Å². The predicted octanol–water partition coefficient (Wildman–Crippen LogP) is 4.20. The summed E-state index contributed by atoms with van der Waals surface area (Å²) in [6, 6.07) is 8.97. The molecule has 1 aromatic heterocycles. The minimum atomic E-state index is -4.22. The summed E-state index contributed by atoms with van der Waals surface area (Å²) < 4.78 is 44.1. The second kappa shape index (κ2) is 9.55. The molecule has 0 aliphatic carbocycles. The molecule has 0 atom stereocenters. The quantitative estimate of drug-likeness (QED) is 0.459. The Morgan fingerprint density at radius 3 is 2.50 bits per heavy atom. The monoisotopic (exact) mass is 506 g/mol. The second-order valence-corrected chi connectivity index (χ2v) is 9.92. The van der Waals surface area contributed by atoms with Gasteiger partial charge in [0.25, 0.3) is 0 Å². The zero-order valence-corrected chi connectivity index (χ0v) is 20.1. The van der Waals surface area contributed by atoms with Crippen LogP contribution in [-0.4, -0.2) is 42.9 Å². The fourth-order valence-corrected chi connectivity index (χ4v) is 5.29. The molecule has 0 unspecified atom stereocenters. The fraction of sp³-hybridized carbons (Fsp3) is 0.304. The van der Waals surface area contributed by atoms with Crippen molar-refractivity contribution in [3.8, 4) is 17.2 Å². The molecule has 0 saturated carbocycles. The van der Waals surface area contributed by atoms with Gasteiger partial charge in [-0.15, -0.1) is 0 Å². The van der Waals surface area contributed by atoms with Crippen LogP contribution in [0.3, 0.4) is 0 Å². The zero-order valence-electron chi connectivity index (χ0n) is 18.6. The van der Waals surface area contributed by atoms with Gasteiger partial charge in [-0.2, -0.15) is 0 Å². The lowest BCUT2D eigenvalue weighted by Crippen LogP contribution is -2.16. The Hall–Kier alpha value is -3.24. The number of carboxylic acid groups (broad SMARTS) is 1. The van der Waals surface area contributed by atoms with E-state index >= 15 is 0 Å². The Labute approximate surface area is 201 Å². The number of carboxylic acids is 1. The molecule has 1 N–H and O–H groups in total. The van der Waals surface area contributed by atoms with Crippen molar-refractivity contribution in [1.29, 1.82) is 0 Å². The van der Waals surface area contributed by atoms with Crippen LogP contribution in [0.25, 0.3) is 0 Å². The number of aromatic carboxylic acids is 1. The largest absolute Gasteiger partial charge is 0.497 e. The highest BCUT2D eigenvalue weighted by Gasteiger charge is 2.33. The number of rotatable bonds is 9. The maximum Gasteiger partial charge on any atom is 0.355 e. The van der Waals surface area contributed by atoms with Crippen LogP contribution in [-0.2, 0) is 22.8 Å². The number of ether oxygens (including phenoxy) is 3. The molecular formula is C23H23ClN2O7S. The Morgan fingerprint density at radius 1 is 1.21 bits per heavy atom. The second-order valence-electron chi connectivity index (χ2n) is 7.65. The molecule has 1 aliphatic heterocycles. The molecule has 9 nitrogen and oxygen atoms in total. The Bertz CT molecular complexity index is 1330. The fourth-order valence-electron chi connectivity index (χ4n) is 3.68. The first-order valence-corrected chi connectivity index (χ1v) is 12.4. The molecule has 0 saturated heterocycles. The lowest BCUT2D eigenvalue weighted by atomic mass is 10.2. The van der Waals surface area contributed by atoms with Crippen LogP contribution < -0.4 is 14.2 Å². The molecule has 0 amide bonds. The van der Waals surface area contributed by atoms with Gasteiger partial charge in [-0.1, -0.05) is 24.9 Å². The average molecular weight is 507 g/mol. The normalized spacial score (nSPS) is 12.7. The maximum atomic E-state index is 13.4.